The number of benzene rings is 2. The van der Waals surface area contributed by atoms with Crippen molar-refractivity contribution in [3.05, 3.63) is 76.5 Å². The van der Waals surface area contributed by atoms with Gasteiger partial charge in [0.15, 0.2) is 0 Å². The quantitative estimate of drug-likeness (QED) is 0.681. The van der Waals surface area contributed by atoms with Gasteiger partial charge in [0.25, 0.3) is 0 Å². The van der Waals surface area contributed by atoms with E-state index in [-0.39, 0.29) is 6.04 Å². The molecule has 140 valence electrons. The Morgan fingerprint density at radius 2 is 1.74 bits per heavy atom. The molecular weight excluding hydrogens is 338 g/mol. The highest BCUT2D eigenvalue weighted by molar-refractivity contribution is 5.39. The molecule has 5 nitrogen and oxygen atoms in total. The Bertz CT molecular complexity index is 915. The number of hydrogen-bond acceptors (Lipinski definition) is 5. The fourth-order valence-corrected chi connectivity index (χ4v) is 3.79. The van der Waals surface area contributed by atoms with Crippen LogP contribution in [0.4, 0.5) is 0 Å². The Morgan fingerprint density at radius 3 is 2.44 bits per heavy atom. The molecule has 2 heterocycles. The van der Waals surface area contributed by atoms with E-state index in [2.05, 4.69) is 71.4 Å². The number of aryl methyl sites for hydroxylation is 3. The molecule has 5 heteroatoms. The molecule has 3 aromatic rings. The second-order valence-corrected chi connectivity index (χ2v) is 7.19. The van der Waals surface area contributed by atoms with E-state index in [4.69, 9.17) is 9.15 Å². The summed E-state index contributed by atoms with van der Waals surface area (Å²) in [7, 11) is 0. The van der Waals surface area contributed by atoms with Gasteiger partial charge >= 0.3 is 0 Å². The maximum atomic E-state index is 6.14. The summed E-state index contributed by atoms with van der Waals surface area (Å²) in [4.78, 5) is 2.38. The number of aromatic nitrogens is 2. The topological polar surface area (TPSA) is 51.4 Å². The highest BCUT2D eigenvalue weighted by atomic mass is 16.5. The minimum atomic E-state index is 0.0858. The van der Waals surface area contributed by atoms with Crippen LogP contribution in [0.15, 0.2) is 46.9 Å². The predicted molar refractivity (Wildman–Crippen MR) is 104 cm³/mol. The van der Waals surface area contributed by atoms with Crippen LogP contribution in [-0.2, 0) is 13.0 Å². The molecule has 0 N–H and O–H groups in total. The highest BCUT2D eigenvalue weighted by Gasteiger charge is 2.31. The molecule has 0 saturated heterocycles. The molecule has 0 bridgehead atoms. The zero-order valence-electron chi connectivity index (χ0n) is 16.1. The van der Waals surface area contributed by atoms with E-state index >= 15 is 0 Å². The SMILES string of the molecule is Cc1nnc(C2Cc3ccccc3CN2CCOc2c(C)cccc2C)o1. The van der Waals surface area contributed by atoms with Gasteiger partial charge in [-0.3, -0.25) is 4.90 Å². The van der Waals surface area contributed by atoms with Crippen LogP contribution in [-0.4, -0.2) is 28.2 Å². The lowest BCUT2D eigenvalue weighted by Crippen LogP contribution is -2.37. The first-order valence-electron chi connectivity index (χ1n) is 9.41. The Balaban J connectivity index is 1.52. The van der Waals surface area contributed by atoms with Crippen molar-refractivity contribution in [2.24, 2.45) is 0 Å². The summed E-state index contributed by atoms with van der Waals surface area (Å²) in [5.41, 5.74) is 5.05. The van der Waals surface area contributed by atoms with Gasteiger partial charge in [0, 0.05) is 20.0 Å². The Kier molecular flexibility index (Phi) is 4.94. The van der Waals surface area contributed by atoms with Crippen molar-refractivity contribution in [2.45, 2.75) is 39.8 Å². The van der Waals surface area contributed by atoms with Gasteiger partial charge in [-0.2, -0.15) is 0 Å². The summed E-state index contributed by atoms with van der Waals surface area (Å²) < 4.78 is 11.9. The van der Waals surface area contributed by atoms with Crippen LogP contribution in [0.3, 0.4) is 0 Å². The number of hydrogen-bond donors (Lipinski definition) is 0. The molecule has 2 aromatic carbocycles. The average Bonchev–Trinajstić information content (AvgIpc) is 3.09. The van der Waals surface area contributed by atoms with Crippen LogP contribution in [0, 0.1) is 20.8 Å². The number of rotatable bonds is 5. The first-order chi connectivity index (χ1) is 13.1. The van der Waals surface area contributed by atoms with Gasteiger partial charge in [-0.25, -0.2) is 0 Å². The van der Waals surface area contributed by atoms with Crippen LogP contribution < -0.4 is 4.74 Å². The molecule has 1 aliphatic heterocycles. The molecule has 1 unspecified atom stereocenters. The van der Waals surface area contributed by atoms with Gasteiger partial charge in [-0.05, 0) is 42.5 Å². The monoisotopic (exact) mass is 363 g/mol. The summed E-state index contributed by atoms with van der Waals surface area (Å²) in [6.07, 6.45) is 0.876. The number of ether oxygens (including phenoxy) is 1. The molecule has 4 rings (SSSR count). The smallest absolute Gasteiger partial charge is 0.233 e. The van der Waals surface area contributed by atoms with Crippen molar-refractivity contribution in [2.75, 3.05) is 13.2 Å². The number of nitrogens with zero attached hydrogens (tertiary/aromatic N) is 3. The molecule has 0 saturated carbocycles. The van der Waals surface area contributed by atoms with E-state index in [1.165, 1.54) is 22.3 Å². The molecule has 0 aliphatic carbocycles. The van der Waals surface area contributed by atoms with Gasteiger partial charge < -0.3 is 9.15 Å². The van der Waals surface area contributed by atoms with Crippen molar-refractivity contribution in [3.63, 3.8) is 0 Å². The predicted octanol–water partition coefficient (Wildman–Crippen LogP) is 4.17. The van der Waals surface area contributed by atoms with Crippen LogP contribution in [0.25, 0.3) is 0 Å². The molecule has 1 aromatic heterocycles. The lowest BCUT2D eigenvalue weighted by Gasteiger charge is -2.34. The molecule has 1 atom stereocenters. The summed E-state index contributed by atoms with van der Waals surface area (Å²) in [6, 6.07) is 14.9. The van der Waals surface area contributed by atoms with Gasteiger partial charge in [-0.15, -0.1) is 10.2 Å². The molecule has 0 amide bonds. The van der Waals surface area contributed by atoms with Gasteiger partial charge in [0.05, 0.1) is 6.04 Å². The summed E-state index contributed by atoms with van der Waals surface area (Å²) in [6.45, 7) is 8.29. The van der Waals surface area contributed by atoms with E-state index in [1.54, 1.807) is 0 Å². The number of fused-ring (bicyclic) bond motifs is 1. The van der Waals surface area contributed by atoms with Crippen LogP contribution >= 0.6 is 0 Å². The fraction of sp³-hybridized carbons (Fsp3) is 0.364. The molecule has 27 heavy (non-hydrogen) atoms. The third-order valence-electron chi connectivity index (χ3n) is 5.21. The van der Waals surface area contributed by atoms with Gasteiger partial charge in [-0.1, -0.05) is 42.5 Å². The zero-order valence-corrected chi connectivity index (χ0v) is 16.1. The largest absolute Gasteiger partial charge is 0.492 e. The van der Waals surface area contributed by atoms with Crippen molar-refractivity contribution >= 4 is 0 Å². The van der Waals surface area contributed by atoms with E-state index in [1.807, 2.05) is 6.92 Å². The maximum absolute atomic E-state index is 6.14. The number of para-hydroxylation sites is 1. The Hall–Kier alpha value is -2.66. The summed E-state index contributed by atoms with van der Waals surface area (Å²) in [5, 5.41) is 8.32. The lowest BCUT2D eigenvalue weighted by atomic mass is 9.94. The van der Waals surface area contributed by atoms with Gasteiger partial charge in [0.2, 0.25) is 11.8 Å². The first kappa shape index (κ1) is 17.7. The molecule has 0 spiro atoms. The normalized spacial score (nSPS) is 16.9. The molecular formula is C22H25N3O2. The van der Waals surface area contributed by atoms with Gasteiger partial charge in [0.1, 0.15) is 12.4 Å². The van der Waals surface area contributed by atoms with Crippen LogP contribution in [0.5, 0.6) is 5.75 Å². The van der Waals surface area contributed by atoms with E-state index in [0.29, 0.717) is 18.4 Å². The summed E-state index contributed by atoms with van der Waals surface area (Å²) >= 11 is 0. The fourth-order valence-electron chi connectivity index (χ4n) is 3.79. The van der Waals surface area contributed by atoms with Crippen molar-refractivity contribution in [1.29, 1.82) is 0 Å². The minimum absolute atomic E-state index is 0.0858. The van der Waals surface area contributed by atoms with Crippen LogP contribution in [0.1, 0.15) is 40.1 Å². The molecule has 1 aliphatic rings. The lowest BCUT2D eigenvalue weighted by molar-refractivity contribution is 0.120. The maximum Gasteiger partial charge on any atom is 0.233 e. The zero-order chi connectivity index (χ0) is 18.8. The summed E-state index contributed by atoms with van der Waals surface area (Å²) in [5.74, 6) is 2.28. The second kappa shape index (κ2) is 7.53. The van der Waals surface area contributed by atoms with E-state index < -0.39 is 0 Å². The highest BCUT2D eigenvalue weighted by Crippen LogP contribution is 2.32. The van der Waals surface area contributed by atoms with E-state index in [0.717, 1.165) is 25.3 Å². The van der Waals surface area contributed by atoms with E-state index in [9.17, 15) is 0 Å². The minimum Gasteiger partial charge on any atom is -0.492 e. The standard InChI is InChI=1S/C22H25N3O2/c1-15-7-6-8-16(2)21(15)26-12-11-25-14-19-10-5-4-9-18(19)13-20(25)22-24-23-17(3)27-22/h4-10,20H,11-14H2,1-3H3. The van der Waals surface area contributed by atoms with Crippen LogP contribution in [0.2, 0.25) is 0 Å². The Morgan fingerprint density at radius 1 is 1.00 bits per heavy atom. The third kappa shape index (κ3) is 3.74. The average molecular weight is 363 g/mol. The molecule has 0 fully saturated rings. The first-order valence-corrected chi connectivity index (χ1v) is 9.41. The molecule has 0 radical (unpaired) electrons. The van der Waals surface area contributed by atoms with Crippen molar-refractivity contribution < 1.29 is 9.15 Å². The van der Waals surface area contributed by atoms with Crippen molar-refractivity contribution in [1.82, 2.24) is 15.1 Å². The van der Waals surface area contributed by atoms with Crippen molar-refractivity contribution in [3.8, 4) is 5.75 Å². The third-order valence-corrected chi connectivity index (χ3v) is 5.21. The second-order valence-electron chi connectivity index (χ2n) is 7.19. The Labute approximate surface area is 160 Å².